The van der Waals surface area contributed by atoms with Crippen molar-refractivity contribution < 1.29 is 0 Å². The van der Waals surface area contributed by atoms with Gasteiger partial charge in [-0.05, 0) is 25.3 Å². The molecule has 0 fully saturated rings. The average molecular weight is 233 g/mol. The molecule has 2 aromatic rings. The van der Waals surface area contributed by atoms with Crippen LogP contribution in [0.3, 0.4) is 0 Å². The zero-order chi connectivity index (χ0) is 12.1. The van der Waals surface area contributed by atoms with Crippen LogP contribution in [0, 0.1) is 6.92 Å². The third-order valence-corrected chi connectivity index (χ3v) is 2.56. The lowest BCUT2D eigenvalue weighted by molar-refractivity contribution is 0.850. The van der Waals surface area contributed by atoms with Crippen LogP contribution >= 0.6 is 0 Å². The van der Waals surface area contributed by atoms with Gasteiger partial charge >= 0.3 is 0 Å². The van der Waals surface area contributed by atoms with Gasteiger partial charge < -0.3 is 10.3 Å². The molecule has 90 valence electrons. The van der Waals surface area contributed by atoms with Crippen LogP contribution in [0.5, 0.6) is 0 Å². The summed E-state index contributed by atoms with van der Waals surface area (Å²) in [5.74, 6) is 0.372. The molecule has 0 saturated carbocycles. The Balaban J connectivity index is 1.79. The summed E-state index contributed by atoms with van der Waals surface area (Å²) in [7, 11) is 0. The van der Waals surface area contributed by atoms with Gasteiger partial charge in [0.05, 0.1) is 6.20 Å². The highest BCUT2D eigenvalue weighted by molar-refractivity contribution is 5.29. The summed E-state index contributed by atoms with van der Waals surface area (Å²) in [5.41, 5.74) is 2.12. The Labute approximate surface area is 98.5 Å². The maximum Gasteiger partial charge on any atom is 0.290 e. The molecule has 0 aliphatic carbocycles. The molecule has 0 aliphatic heterocycles. The number of rotatable bonds is 5. The second kappa shape index (κ2) is 5.29. The number of hydrogen-bond donors (Lipinski definition) is 3. The first kappa shape index (κ1) is 11.4. The van der Waals surface area contributed by atoms with Crippen LogP contribution in [0.4, 0.5) is 5.82 Å². The summed E-state index contributed by atoms with van der Waals surface area (Å²) < 4.78 is 0. The number of nitrogens with one attached hydrogen (secondary N) is 3. The van der Waals surface area contributed by atoms with Crippen molar-refractivity contribution in [3.63, 3.8) is 0 Å². The average Bonchev–Trinajstić information content (AvgIpc) is 2.73. The van der Waals surface area contributed by atoms with Crippen LogP contribution in [0.1, 0.15) is 17.7 Å². The van der Waals surface area contributed by atoms with Gasteiger partial charge in [0.15, 0.2) is 5.82 Å². The fourth-order valence-electron chi connectivity index (χ4n) is 1.59. The molecule has 0 bridgehead atoms. The van der Waals surface area contributed by atoms with Crippen molar-refractivity contribution in [3.8, 4) is 0 Å². The molecule has 2 aromatic heterocycles. The fraction of sp³-hybridized carbons (Fsp3) is 0.364. The lowest BCUT2D eigenvalue weighted by Gasteiger charge is -2.03. The fourth-order valence-corrected chi connectivity index (χ4v) is 1.59. The van der Waals surface area contributed by atoms with Crippen LogP contribution in [0.25, 0.3) is 0 Å². The highest BCUT2D eigenvalue weighted by atomic mass is 16.1. The van der Waals surface area contributed by atoms with E-state index in [0.29, 0.717) is 12.4 Å². The Hall–Kier alpha value is -2.11. The Bertz CT molecular complexity index is 530. The van der Waals surface area contributed by atoms with Gasteiger partial charge in [-0.3, -0.25) is 9.89 Å². The van der Waals surface area contributed by atoms with Crippen LogP contribution in [-0.2, 0) is 6.42 Å². The molecule has 17 heavy (non-hydrogen) atoms. The van der Waals surface area contributed by atoms with Gasteiger partial charge in [0.25, 0.3) is 5.56 Å². The lowest BCUT2D eigenvalue weighted by atomic mass is 10.1. The van der Waals surface area contributed by atoms with Crippen molar-refractivity contribution in [1.29, 1.82) is 0 Å². The Morgan fingerprint density at radius 2 is 2.35 bits per heavy atom. The van der Waals surface area contributed by atoms with E-state index in [4.69, 9.17) is 0 Å². The smallest absolute Gasteiger partial charge is 0.290 e. The number of aromatic nitrogens is 4. The minimum absolute atomic E-state index is 0.188. The van der Waals surface area contributed by atoms with E-state index in [1.807, 2.05) is 13.1 Å². The first-order valence-corrected chi connectivity index (χ1v) is 5.54. The Morgan fingerprint density at radius 3 is 3.06 bits per heavy atom. The van der Waals surface area contributed by atoms with Crippen molar-refractivity contribution in [2.45, 2.75) is 19.8 Å². The maximum absolute atomic E-state index is 11.3. The molecule has 6 nitrogen and oxygen atoms in total. The number of hydrogen-bond acceptors (Lipinski definition) is 4. The van der Waals surface area contributed by atoms with E-state index in [1.54, 1.807) is 6.20 Å². The number of H-pyrrole nitrogens is 2. The zero-order valence-corrected chi connectivity index (χ0v) is 9.66. The summed E-state index contributed by atoms with van der Waals surface area (Å²) in [6.07, 6.45) is 6.77. The predicted molar refractivity (Wildman–Crippen MR) is 65.0 cm³/mol. The van der Waals surface area contributed by atoms with E-state index in [9.17, 15) is 4.79 Å². The van der Waals surface area contributed by atoms with E-state index < -0.39 is 0 Å². The van der Waals surface area contributed by atoms with Gasteiger partial charge in [-0.15, -0.1) is 0 Å². The van der Waals surface area contributed by atoms with Gasteiger partial charge in [-0.25, -0.2) is 4.98 Å². The van der Waals surface area contributed by atoms with Crippen molar-refractivity contribution >= 4 is 5.82 Å². The molecule has 0 spiro atoms. The molecule has 0 unspecified atom stereocenters. The first-order valence-electron chi connectivity index (χ1n) is 5.54. The summed E-state index contributed by atoms with van der Waals surface area (Å²) in [4.78, 5) is 17.8. The standard InChI is InChI=1S/C11H15N5O/c1-8-9(7-15-16-8)3-2-4-12-10-11(17)14-6-5-13-10/h5-7H,2-4H2,1H3,(H,12,13)(H,14,17)(H,15,16). The summed E-state index contributed by atoms with van der Waals surface area (Å²) in [6.45, 7) is 2.71. The molecule has 6 heteroatoms. The molecule has 2 heterocycles. The number of nitrogens with zero attached hydrogens (tertiary/aromatic N) is 2. The van der Waals surface area contributed by atoms with Crippen molar-refractivity contribution in [3.05, 3.63) is 40.2 Å². The van der Waals surface area contributed by atoms with Gasteiger partial charge in [0.2, 0.25) is 0 Å². The summed E-state index contributed by atoms with van der Waals surface area (Å²) >= 11 is 0. The van der Waals surface area contributed by atoms with E-state index in [1.165, 1.54) is 11.8 Å². The molecular weight excluding hydrogens is 218 g/mol. The maximum atomic E-state index is 11.3. The van der Waals surface area contributed by atoms with Crippen LogP contribution in [-0.4, -0.2) is 26.7 Å². The highest BCUT2D eigenvalue weighted by Crippen LogP contribution is 2.05. The van der Waals surface area contributed by atoms with Crippen molar-refractivity contribution in [2.75, 3.05) is 11.9 Å². The zero-order valence-electron chi connectivity index (χ0n) is 9.66. The number of aryl methyl sites for hydroxylation is 2. The van der Waals surface area contributed by atoms with Crippen molar-refractivity contribution in [2.24, 2.45) is 0 Å². The molecule has 0 aromatic carbocycles. The molecule has 0 amide bonds. The van der Waals surface area contributed by atoms with Gasteiger partial charge in [-0.2, -0.15) is 5.10 Å². The second-order valence-electron chi connectivity index (χ2n) is 3.82. The normalized spacial score (nSPS) is 10.4. The minimum Gasteiger partial charge on any atom is -0.365 e. The number of anilines is 1. The third kappa shape index (κ3) is 2.93. The highest BCUT2D eigenvalue weighted by Gasteiger charge is 2.01. The van der Waals surface area contributed by atoms with Crippen molar-refractivity contribution in [1.82, 2.24) is 20.2 Å². The summed E-state index contributed by atoms with van der Waals surface area (Å²) in [5, 5.41) is 9.87. The van der Waals surface area contributed by atoms with E-state index in [0.717, 1.165) is 18.5 Å². The topological polar surface area (TPSA) is 86.5 Å². The van der Waals surface area contributed by atoms with E-state index in [-0.39, 0.29) is 5.56 Å². The quantitative estimate of drug-likeness (QED) is 0.668. The molecule has 0 atom stereocenters. The SMILES string of the molecule is Cc1[nH]ncc1CCCNc1ncc[nH]c1=O. The monoisotopic (exact) mass is 233 g/mol. The van der Waals surface area contributed by atoms with E-state index >= 15 is 0 Å². The molecule has 0 radical (unpaired) electrons. The van der Waals surface area contributed by atoms with Gasteiger partial charge in [0, 0.05) is 24.6 Å². The van der Waals surface area contributed by atoms with Crippen LogP contribution < -0.4 is 10.9 Å². The minimum atomic E-state index is -0.188. The van der Waals surface area contributed by atoms with Crippen LogP contribution in [0.2, 0.25) is 0 Å². The molecule has 0 saturated heterocycles. The molecule has 3 N–H and O–H groups in total. The predicted octanol–water partition coefficient (Wildman–Crippen LogP) is 0.846. The van der Waals surface area contributed by atoms with Gasteiger partial charge in [-0.1, -0.05) is 0 Å². The van der Waals surface area contributed by atoms with Gasteiger partial charge in [0.1, 0.15) is 0 Å². The number of aromatic amines is 2. The molecule has 2 rings (SSSR count). The Kier molecular flexibility index (Phi) is 3.54. The first-order chi connectivity index (χ1) is 8.27. The summed E-state index contributed by atoms with van der Waals surface area (Å²) in [6, 6.07) is 0. The second-order valence-corrected chi connectivity index (χ2v) is 3.82. The molecular formula is C11H15N5O. The Morgan fingerprint density at radius 1 is 1.47 bits per heavy atom. The molecule has 0 aliphatic rings. The largest absolute Gasteiger partial charge is 0.365 e. The lowest BCUT2D eigenvalue weighted by Crippen LogP contribution is -2.16. The third-order valence-electron chi connectivity index (χ3n) is 2.56. The van der Waals surface area contributed by atoms with Crippen LogP contribution in [0.15, 0.2) is 23.4 Å². The van der Waals surface area contributed by atoms with E-state index in [2.05, 4.69) is 25.5 Å².